The Labute approximate surface area is 223 Å². The van der Waals surface area contributed by atoms with Crippen LogP contribution in [-0.4, -0.2) is 42.5 Å². The van der Waals surface area contributed by atoms with Crippen molar-refractivity contribution in [3.8, 4) is 5.69 Å². The van der Waals surface area contributed by atoms with Gasteiger partial charge in [-0.05, 0) is 68.4 Å². The number of halogens is 3. The first-order chi connectivity index (χ1) is 18.6. The zero-order valence-corrected chi connectivity index (χ0v) is 22.0. The summed E-state index contributed by atoms with van der Waals surface area (Å²) in [7, 11) is 1.87. The molecule has 4 aromatic rings. The van der Waals surface area contributed by atoms with Gasteiger partial charge in [0.1, 0.15) is 12.2 Å². The van der Waals surface area contributed by atoms with Gasteiger partial charge in [0, 0.05) is 38.1 Å². The van der Waals surface area contributed by atoms with Gasteiger partial charge in [-0.1, -0.05) is 12.1 Å². The van der Waals surface area contributed by atoms with Crippen LogP contribution in [0.15, 0.2) is 53.8 Å². The van der Waals surface area contributed by atoms with Gasteiger partial charge in [-0.2, -0.15) is 13.2 Å². The third-order valence-corrected chi connectivity index (χ3v) is 8.36. The largest absolute Gasteiger partial charge is 0.418 e. The van der Waals surface area contributed by atoms with Crippen LogP contribution in [0.5, 0.6) is 0 Å². The number of nitrogens with zero attached hydrogens (tertiary/aromatic N) is 5. The number of imidazole rings is 1. The molecule has 1 atom stereocenters. The number of rotatable bonds is 6. The Balaban J connectivity index is 1.45. The van der Waals surface area contributed by atoms with Gasteiger partial charge in [-0.25, -0.2) is 4.79 Å². The molecule has 1 aromatic carbocycles. The quantitative estimate of drug-likeness (QED) is 0.393. The lowest BCUT2D eigenvalue weighted by Crippen LogP contribution is -2.47. The topological polar surface area (TPSA) is 78.4 Å². The van der Waals surface area contributed by atoms with Crippen LogP contribution in [0.3, 0.4) is 0 Å². The first kappa shape index (κ1) is 25.8. The van der Waals surface area contributed by atoms with Gasteiger partial charge < -0.3 is 14.6 Å². The van der Waals surface area contributed by atoms with Gasteiger partial charge in [0.2, 0.25) is 0 Å². The van der Waals surface area contributed by atoms with E-state index in [1.54, 1.807) is 12.4 Å². The molecule has 4 heterocycles. The zero-order chi connectivity index (χ0) is 27.4. The number of nitrogens with one attached hydrogen (secondary N) is 1. The number of ether oxygens (including phenoxy) is 1. The predicted octanol–water partition coefficient (Wildman–Crippen LogP) is 4.37. The molecule has 0 radical (unpaired) electrons. The van der Waals surface area contributed by atoms with E-state index in [1.165, 1.54) is 17.0 Å². The van der Waals surface area contributed by atoms with Crippen molar-refractivity contribution in [3.05, 3.63) is 82.1 Å². The molecule has 1 aliphatic heterocycles. The van der Waals surface area contributed by atoms with Crippen LogP contribution in [-0.2, 0) is 29.9 Å². The van der Waals surface area contributed by atoms with Crippen molar-refractivity contribution < 1.29 is 17.9 Å². The predicted molar refractivity (Wildman–Crippen MR) is 139 cm³/mol. The normalized spacial score (nSPS) is 21.3. The molecule has 2 aliphatic rings. The molecule has 1 saturated carbocycles. The van der Waals surface area contributed by atoms with E-state index in [-0.39, 0.29) is 17.6 Å². The van der Waals surface area contributed by atoms with Gasteiger partial charge in [0.05, 0.1) is 28.8 Å². The van der Waals surface area contributed by atoms with Crippen molar-refractivity contribution in [2.24, 2.45) is 7.05 Å². The summed E-state index contributed by atoms with van der Waals surface area (Å²) >= 11 is 0. The van der Waals surface area contributed by atoms with E-state index in [4.69, 9.17) is 4.74 Å². The highest BCUT2D eigenvalue weighted by Gasteiger charge is 2.41. The van der Waals surface area contributed by atoms with E-state index in [9.17, 15) is 18.0 Å². The van der Waals surface area contributed by atoms with E-state index in [0.29, 0.717) is 24.5 Å². The van der Waals surface area contributed by atoms with Crippen LogP contribution in [0.25, 0.3) is 11.2 Å². The van der Waals surface area contributed by atoms with Gasteiger partial charge in [-0.15, -0.1) is 10.2 Å². The number of pyridine rings is 1. The van der Waals surface area contributed by atoms with Crippen LogP contribution in [0, 0.1) is 0 Å². The molecule has 6 rings (SSSR count). The Morgan fingerprint density at radius 1 is 1.13 bits per heavy atom. The molecule has 0 amide bonds. The Morgan fingerprint density at radius 2 is 1.95 bits per heavy atom. The monoisotopic (exact) mass is 540 g/mol. The Kier molecular flexibility index (Phi) is 6.18. The molecule has 39 heavy (non-hydrogen) atoms. The highest BCUT2D eigenvalue weighted by atomic mass is 19.4. The zero-order valence-electron chi connectivity index (χ0n) is 22.0. The minimum atomic E-state index is -4.61. The summed E-state index contributed by atoms with van der Waals surface area (Å²) in [5, 5.41) is 11.8. The van der Waals surface area contributed by atoms with Crippen molar-refractivity contribution in [3.63, 3.8) is 0 Å². The number of fused-ring (bicyclic) bond motifs is 1. The highest BCUT2D eigenvalue weighted by Crippen LogP contribution is 2.39. The van der Waals surface area contributed by atoms with E-state index in [1.807, 2.05) is 29.8 Å². The SMILES string of the molecule is Cn1cnnc1[C@]1(c2cccc(-n3cc4c(C(F)(F)F)cc(CNC5(C)CCC5)cn4c3=O)c2)CCCOC1. The van der Waals surface area contributed by atoms with E-state index < -0.39 is 22.8 Å². The number of benzene rings is 1. The fraction of sp³-hybridized carbons (Fsp3) is 0.464. The maximum atomic E-state index is 14.2. The third kappa shape index (κ3) is 4.47. The van der Waals surface area contributed by atoms with Crippen LogP contribution in [0.2, 0.25) is 0 Å². The van der Waals surface area contributed by atoms with Crippen molar-refractivity contribution in [1.29, 1.82) is 0 Å². The number of hydrogen-bond acceptors (Lipinski definition) is 5. The summed E-state index contributed by atoms with van der Waals surface area (Å²) in [6.45, 7) is 3.35. The van der Waals surface area contributed by atoms with Gasteiger partial charge >= 0.3 is 11.9 Å². The Bertz CT molecular complexity index is 1570. The minimum absolute atomic E-state index is 0.0772. The van der Waals surface area contributed by atoms with Crippen molar-refractivity contribution >= 4 is 5.52 Å². The number of alkyl halides is 3. The molecular weight excluding hydrogens is 509 g/mol. The molecule has 8 nitrogen and oxygen atoms in total. The Morgan fingerprint density at radius 3 is 2.59 bits per heavy atom. The lowest BCUT2D eigenvalue weighted by atomic mass is 9.75. The van der Waals surface area contributed by atoms with Crippen LogP contribution in [0.4, 0.5) is 13.2 Å². The summed E-state index contributed by atoms with van der Waals surface area (Å²) in [5.74, 6) is 0.741. The molecule has 0 bridgehead atoms. The third-order valence-electron chi connectivity index (χ3n) is 8.36. The molecule has 1 aliphatic carbocycles. The lowest BCUT2D eigenvalue weighted by molar-refractivity contribution is -0.136. The molecule has 1 saturated heterocycles. The number of aromatic nitrogens is 5. The molecule has 206 valence electrons. The van der Waals surface area contributed by atoms with Gasteiger partial charge in [0.15, 0.2) is 0 Å². The molecule has 3 aromatic heterocycles. The summed E-state index contributed by atoms with van der Waals surface area (Å²) < 4.78 is 52.6. The summed E-state index contributed by atoms with van der Waals surface area (Å²) in [4.78, 5) is 13.6. The number of aryl methyl sites for hydroxylation is 1. The van der Waals surface area contributed by atoms with Crippen molar-refractivity contribution in [1.82, 2.24) is 29.0 Å². The first-order valence-electron chi connectivity index (χ1n) is 13.2. The molecule has 2 fully saturated rings. The smallest absolute Gasteiger partial charge is 0.380 e. The average molecular weight is 541 g/mol. The fourth-order valence-electron chi connectivity index (χ4n) is 5.95. The summed E-state index contributed by atoms with van der Waals surface area (Å²) in [6.07, 6.45) is 4.46. The van der Waals surface area contributed by atoms with Gasteiger partial charge in [0.25, 0.3) is 0 Å². The molecule has 0 spiro atoms. The summed E-state index contributed by atoms with van der Waals surface area (Å²) in [5.41, 5.74) is -0.476. The molecule has 0 unspecified atom stereocenters. The van der Waals surface area contributed by atoms with Crippen LogP contribution < -0.4 is 11.0 Å². The van der Waals surface area contributed by atoms with E-state index in [2.05, 4.69) is 22.4 Å². The Hall–Kier alpha value is -3.44. The standard InChI is InChI=1S/C28H31F3N6O2/c1-26(8-4-9-26)32-14-19-12-22(28(29,30)31)23-16-36(25(38)37(23)15-19)21-7-3-6-20(13-21)27(10-5-11-39-17-27)24-34-33-18-35(24)2/h3,6-7,12-13,15-16,18,32H,4-5,8-11,14,17H2,1-2H3/t27-/m1/s1. The first-order valence-corrected chi connectivity index (χ1v) is 13.2. The minimum Gasteiger partial charge on any atom is -0.380 e. The van der Waals surface area contributed by atoms with Crippen LogP contribution in [0.1, 0.15) is 61.5 Å². The van der Waals surface area contributed by atoms with Crippen molar-refractivity contribution in [2.45, 2.75) is 62.7 Å². The number of hydrogen-bond donors (Lipinski definition) is 1. The van der Waals surface area contributed by atoms with Gasteiger partial charge in [-0.3, -0.25) is 8.97 Å². The summed E-state index contributed by atoms with van der Waals surface area (Å²) in [6, 6.07) is 8.47. The highest BCUT2D eigenvalue weighted by molar-refractivity contribution is 5.58. The second-order valence-corrected chi connectivity index (χ2v) is 11.1. The average Bonchev–Trinajstić information content (AvgIpc) is 3.49. The molecule has 1 N–H and O–H groups in total. The second kappa shape index (κ2) is 9.34. The maximum Gasteiger partial charge on any atom is 0.418 e. The van der Waals surface area contributed by atoms with E-state index in [0.717, 1.165) is 54.0 Å². The molecular formula is C28H31F3N6O2. The second-order valence-electron chi connectivity index (χ2n) is 11.1. The van der Waals surface area contributed by atoms with Crippen molar-refractivity contribution in [2.75, 3.05) is 13.2 Å². The lowest BCUT2D eigenvalue weighted by Gasteiger charge is -2.39. The van der Waals surface area contributed by atoms with E-state index >= 15 is 0 Å². The molecule has 11 heteroatoms. The van der Waals surface area contributed by atoms with Crippen LogP contribution >= 0.6 is 0 Å². The maximum absolute atomic E-state index is 14.2. The fourth-order valence-corrected chi connectivity index (χ4v) is 5.95.